The molecule has 3 rings (SSSR count). The molecule has 2 aromatic heterocycles. The average Bonchev–Trinajstić information content (AvgIpc) is 3.21. The van der Waals surface area contributed by atoms with Gasteiger partial charge in [-0.2, -0.15) is 0 Å². The van der Waals surface area contributed by atoms with Gasteiger partial charge in [-0.15, -0.1) is 21.5 Å². The van der Waals surface area contributed by atoms with Crippen molar-refractivity contribution in [1.29, 1.82) is 0 Å². The lowest BCUT2D eigenvalue weighted by Crippen LogP contribution is -2.14. The summed E-state index contributed by atoms with van der Waals surface area (Å²) in [5, 5.41) is 14.7. The van der Waals surface area contributed by atoms with E-state index in [9.17, 15) is 4.79 Å². The van der Waals surface area contributed by atoms with E-state index in [2.05, 4.69) is 21.6 Å². The van der Waals surface area contributed by atoms with Crippen LogP contribution in [0.2, 0.25) is 10.0 Å². The van der Waals surface area contributed by atoms with Crippen molar-refractivity contribution in [3.05, 3.63) is 56.5 Å². The summed E-state index contributed by atoms with van der Waals surface area (Å²) in [6, 6.07) is 9.05. The number of halogens is 2. The van der Waals surface area contributed by atoms with Crippen LogP contribution in [-0.2, 0) is 18.3 Å². The number of thiophene rings is 1. The minimum atomic E-state index is -0.147. The molecule has 3 aromatic rings. The van der Waals surface area contributed by atoms with E-state index in [1.165, 1.54) is 16.6 Å². The number of hydrogen-bond acceptors (Lipinski definition) is 5. The molecule has 130 valence electrons. The Balaban J connectivity index is 1.57. The van der Waals surface area contributed by atoms with Gasteiger partial charge in [0.25, 0.3) is 0 Å². The fourth-order valence-corrected chi connectivity index (χ4v) is 3.82. The van der Waals surface area contributed by atoms with E-state index in [4.69, 9.17) is 23.2 Å². The minimum absolute atomic E-state index is 0.147. The standard InChI is InChI=1S/C16H14Cl2N4OS2/c1-22-14(8-11-3-2-6-24-11)20-21-16(22)25-9-15(23)19-10-4-5-12(17)13(18)7-10/h2-7H,8-9H2,1H3,(H,19,23). The highest BCUT2D eigenvalue weighted by Crippen LogP contribution is 2.25. The normalized spacial score (nSPS) is 10.8. The quantitative estimate of drug-likeness (QED) is 0.605. The summed E-state index contributed by atoms with van der Waals surface area (Å²) in [6.07, 6.45) is 0.733. The maximum absolute atomic E-state index is 12.1. The first-order valence-electron chi connectivity index (χ1n) is 7.31. The van der Waals surface area contributed by atoms with Crippen LogP contribution in [0.25, 0.3) is 0 Å². The van der Waals surface area contributed by atoms with Crippen molar-refractivity contribution < 1.29 is 4.79 Å². The lowest BCUT2D eigenvalue weighted by atomic mass is 10.3. The number of carbonyl (C=O) groups excluding carboxylic acids is 1. The lowest BCUT2D eigenvalue weighted by molar-refractivity contribution is -0.113. The molecule has 0 radical (unpaired) electrons. The van der Waals surface area contributed by atoms with Crippen molar-refractivity contribution in [3.63, 3.8) is 0 Å². The van der Waals surface area contributed by atoms with E-state index in [1.807, 2.05) is 23.1 Å². The molecule has 0 saturated heterocycles. The topological polar surface area (TPSA) is 59.8 Å². The highest BCUT2D eigenvalue weighted by molar-refractivity contribution is 7.99. The first-order chi connectivity index (χ1) is 12.0. The average molecular weight is 413 g/mol. The second kappa shape index (κ2) is 8.23. The summed E-state index contributed by atoms with van der Waals surface area (Å²) in [5.41, 5.74) is 0.608. The van der Waals surface area contributed by atoms with Crippen molar-refractivity contribution in [1.82, 2.24) is 14.8 Å². The molecular formula is C16H14Cl2N4OS2. The van der Waals surface area contributed by atoms with Gasteiger partial charge in [-0.3, -0.25) is 4.79 Å². The number of nitrogens with one attached hydrogen (secondary N) is 1. The van der Waals surface area contributed by atoms with Crippen LogP contribution in [0, 0.1) is 0 Å². The molecule has 1 N–H and O–H groups in total. The molecule has 5 nitrogen and oxygen atoms in total. The zero-order chi connectivity index (χ0) is 17.8. The number of benzene rings is 1. The molecule has 0 aliphatic rings. The summed E-state index contributed by atoms with van der Waals surface area (Å²) in [5.74, 6) is 0.951. The van der Waals surface area contributed by atoms with Gasteiger partial charge in [0, 0.05) is 24.0 Å². The Morgan fingerprint density at radius 2 is 2.12 bits per heavy atom. The molecule has 2 heterocycles. The van der Waals surface area contributed by atoms with E-state index in [0.29, 0.717) is 20.9 Å². The van der Waals surface area contributed by atoms with Crippen LogP contribution in [0.3, 0.4) is 0 Å². The van der Waals surface area contributed by atoms with Crippen molar-refractivity contribution in [2.24, 2.45) is 7.05 Å². The second-order valence-corrected chi connectivity index (χ2v) is 7.97. The summed E-state index contributed by atoms with van der Waals surface area (Å²) in [7, 11) is 1.90. The SMILES string of the molecule is Cn1c(Cc2cccs2)nnc1SCC(=O)Nc1ccc(Cl)c(Cl)c1. The Hall–Kier alpha value is -1.54. The van der Waals surface area contributed by atoms with Crippen LogP contribution in [0.1, 0.15) is 10.7 Å². The fourth-order valence-electron chi connectivity index (χ4n) is 2.09. The third-order valence-electron chi connectivity index (χ3n) is 3.37. The van der Waals surface area contributed by atoms with Gasteiger partial charge in [0.15, 0.2) is 5.16 Å². The predicted molar refractivity (Wildman–Crippen MR) is 104 cm³/mol. The monoisotopic (exact) mass is 412 g/mol. The zero-order valence-corrected chi connectivity index (χ0v) is 16.3. The number of hydrogen-bond donors (Lipinski definition) is 1. The Kier molecular flexibility index (Phi) is 6.01. The van der Waals surface area contributed by atoms with Crippen molar-refractivity contribution in [2.75, 3.05) is 11.1 Å². The first kappa shape index (κ1) is 18.3. The molecule has 1 amide bonds. The van der Waals surface area contributed by atoms with E-state index in [-0.39, 0.29) is 11.7 Å². The van der Waals surface area contributed by atoms with Gasteiger partial charge in [-0.05, 0) is 29.6 Å². The smallest absolute Gasteiger partial charge is 0.234 e. The van der Waals surface area contributed by atoms with E-state index in [1.54, 1.807) is 29.5 Å². The summed E-state index contributed by atoms with van der Waals surface area (Å²) < 4.78 is 1.91. The fraction of sp³-hybridized carbons (Fsp3) is 0.188. The van der Waals surface area contributed by atoms with Crippen molar-refractivity contribution >= 4 is 57.9 Å². The summed E-state index contributed by atoms with van der Waals surface area (Å²) >= 11 is 14.8. The highest BCUT2D eigenvalue weighted by Gasteiger charge is 2.12. The van der Waals surface area contributed by atoms with Gasteiger partial charge < -0.3 is 9.88 Å². The van der Waals surface area contributed by atoms with Crippen LogP contribution < -0.4 is 5.32 Å². The molecular weight excluding hydrogens is 399 g/mol. The maximum atomic E-state index is 12.1. The molecule has 0 fully saturated rings. The number of rotatable bonds is 6. The number of thioether (sulfide) groups is 1. The Morgan fingerprint density at radius 3 is 2.84 bits per heavy atom. The Morgan fingerprint density at radius 1 is 1.28 bits per heavy atom. The first-order valence-corrected chi connectivity index (χ1v) is 9.93. The van der Waals surface area contributed by atoms with E-state index >= 15 is 0 Å². The maximum Gasteiger partial charge on any atom is 0.234 e. The molecule has 0 aliphatic heterocycles. The van der Waals surface area contributed by atoms with Gasteiger partial charge in [0.05, 0.1) is 15.8 Å². The van der Waals surface area contributed by atoms with Crippen molar-refractivity contribution in [2.45, 2.75) is 11.6 Å². The Bertz CT molecular complexity index is 880. The third kappa shape index (κ3) is 4.76. The lowest BCUT2D eigenvalue weighted by Gasteiger charge is -2.06. The molecule has 0 unspecified atom stereocenters. The van der Waals surface area contributed by atoms with Gasteiger partial charge >= 0.3 is 0 Å². The third-order valence-corrected chi connectivity index (χ3v) is 6.01. The predicted octanol–water partition coefficient (Wildman–Crippen LogP) is 4.51. The molecule has 0 atom stereocenters. The largest absolute Gasteiger partial charge is 0.325 e. The number of carbonyl (C=O) groups is 1. The molecule has 1 aromatic carbocycles. The summed E-state index contributed by atoms with van der Waals surface area (Å²) in [4.78, 5) is 13.3. The van der Waals surface area contributed by atoms with Gasteiger partial charge in [0.1, 0.15) is 5.82 Å². The molecule has 0 aliphatic carbocycles. The minimum Gasteiger partial charge on any atom is -0.325 e. The van der Waals surface area contributed by atoms with Crippen LogP contribution in [0.5, 0.6) is 0 Å². The molecule has 9 heteroatoms. The number of anilines is 1. The van der Waals surface area contributed by atoms with Crippen LogP contribution in [0.4, 0.5) is 5.69 Å². The number of aromatic nitrogens is 3. The highest BCUT2D eigenvalue weighted by atomic mass is 35.5. The van der Waals surface area contributed by atoms with Crippen LogP contribution >= 0.6 is 46.3 Å². The molecule has 25 heavy (non-hydrogen) atoms. The van der Waals surface area contributed by atoms with E-state index in [0.717, 1.165) is 12.2 Å². The van der Waals surface area contributed by atoms with Gasteiger partial charge in [-0.1, -0.05) is 41.0 Å². The van der Waals surface area contributed by atoms with Gasteiger partial charge in [0.2, 0.25) is 5.91 Å². The molecule has 0 spiro atoms. The van der Waals surface area contributed by atoms with E-state index < -0.39 is 0 Å². The zero-order valence-electron chi connectivity index (χ0n) is 13.2. The van der Waals surface area contributed by atoms with Crippen LogP contribution in [-0.4, -0.2) is 26.4 Å². The second-order valence-electron chi connectivity index (χ2n) is 5.18. The van der Waals surface area contributed by atoms with Crippen molar-refractivity contribution in [3.8, 4) is 0 Å². The number of nitrogens with zero attached hydrogens (tertiary/aromatic N) is 3. The summed E-state index contributed by atoms with van der Waals surface area (Å²) in [6.45, 7) is 0. The molecule has 0 saturated carbocycles. The number of amides is 1. The van der Waals surface area contributed by atoms with Crippen LogP contribution in [0.15, 0.2) is 40.9 Å². The Labute approximate surface area is 163 Å². The molecule has 0 bridgehead atoms. The van der Waals surface area contributed by atoms with Gasteiger partial charge in [-0.25, -0.2) is 0 Å².